The van der Waals surface area contributed by atoms with E-state index in [1.165, 1.54) is 12.0 Å². The maximum absolute atomic E-state index is 4.18. The number of hydrogen-bond donors (Lipinski definition) is 0. The molecule has 2 heteroatoms. The normalized spacial score (nSPS) is 7.94. The molecule has 0 unspecified atom stereocenters. The van der Waals surface area contributed by atoms with Gasteiger partial charge in [0.25, 0.3) is 0 Å². The molecule has 2 nitrogen and oxygen atoms in total. The lowest BCUT2D eigenvalue weighted by Gasteiger charge is -1.95. The maximum Gasteiger partial charge on any atom is 0.0889 e. The van der Waals surface area contributed by atoms with E-state index >= 15 is 0 Å². The van der Waals surface area contributed by atoms with Gasteiger partial charge in [-0.1, -0.05) is 54.0 Å². The van der Waals surface area contributed by atoms with Crippen LogP contribution < -0.4 is 0 Å². The molecule has 0 aliphatic carbocycles. The van der Waals surface area contributed by atoms with Crippen LogP contribution >= 0.6 is 0 Å². The van der Waals surface area contributed by atoms with Crippen molar-refractivity contribution in [2.45, 2.75) is 54.9 Å². The molecule has 0 saturated heterocycles. The van der Waals surface area contributed by atoms with E-state index in [-0.39, 0.29) is 0 Å². The van der Waals surface area contributed by atoms with E-state index in [1.807, 2.05) is 52.8 Å². The summed E-state index contributed by atoms with van der Waals surface area (Å²) in [4.78, 5) is 8.34. The van der Waals surface area contributed by atoms with Gasteiger partial charge in [-0.3, -0.25) is 9.97 Å². The molecule has 0 atom stereocenters. The smallest absolute Gasteiger partial charge is 0.0889 e. The Kier molecular flexibility index (Phi) is 14.3. The number of aromatic nitrogens is 2. The van der Waals surface area contributed by atoms with Gasteiger partial charge in [-0.15, -0.1) is 0 Å². The van der Waals surface area contributed by atoms with E-state index < -0.39 is 0 Å². The zero-order valence-electron chi connectivity index (χ0n) is 13.0. The highest BCUT2D eigenvalue weighted by Crippen LogP contribution is 2.08. The van der Waals surface area contributed by atoms with Gasteiger partial charge in [-0.2, -0.15) is 0 Å². The molecule has 0 amide bonds. The third kappa shape index (κ3) is 7.77. The first-order valence-electron chi connectivity index (χ1n) is 6.95. The Bertz CT molecular complexity index is 397. The van der Waals surface area contributed by atoms with E-state index in [9.17, 15) is 0 Å². The fourth-order valence-corrected chi connectivity index (χ4v) is 1.07. The molecule has 0 saturated carbocycles. The molecule has 18 heavy (non-hydrogen) atoms. The molecule has 1 heterocycles. The second-order valence-corrected chi connectivity index (χ2v) is 3.26. The molecule has 2 rings (SSSR count). The van der Waals surface area contributed by atoms with Gasteiger partial charge in [0, 0.05) is 12.4 Å². The Hall–Kier alpha value is -1.44. The molecule has 2 aromatic rings. The van der Waals surface area contributed by atoms with Crippen LogP contribution in [0.1, 0.15) is 53.5 Å². The van der Waals surface area contributed by atoms with Crippen molar-refractivity contribution in [1.82, 2.24) is 9.97 Å². The fourth-order valence-electron chi connectivity index (χ4n) is 1.07. The van der Waals surface area contributed by atoms with Crippen molar-refractivity contribution in [2.24, 2.45) is 0 Å². The summed E-state index contributed by atoms with van der Waals surface area (Å²) >= 11 is 0. The Balaban J connectivity index is 0. The van der Waals surface area contributed by atoms with Gasteiger partial charge in [-0.25, -0.2) is 0 Å². The minimum atomic E-state index is 0.957. The van der Waals surface area contributed by atoms with E-state index in [0.717, 1.165) is 11.0 Å². The molecule has 0 fully saturated rings. The predicted molar refractivity (Wildman–Crippen MR) is 82.9 cm³/mol. The number of fused-ring (bicyclic) bond motifs is 1. The quantitative estimate of drug-likeness (QED) is 0.623. The zero-order chi connectivity index (χ0) is 14.4. The van der Waals surface area contributed by atoms with Gasteiger partial charge in [0.15, 0.2) is 0 Å². The highest BCUT2D eigenvalue weighted by molar-refractivity contribution is 5.74. The largest absolute Gasteiger partial charge is 0.253 e. The monoisotopic (exact) mass is 248 g/mol. The lowest BCUT2D eigenvalue weighted by atomic mass is 10.2. The van der Waals surface area contributed by atoms with Crippen LogP contribution in [0.2, 0.25) is 0 Å². The number of benzene rings is 1. The minimum Gasteiger partial charge on any atom is -0.253 e. The van der Waals surface area contributed by atoms with Crippen LogP contribution in [-0.4, -0.2) is 9.97 Å². The van der Waals surface area contributed by atoms with Crippen molar-refractivity contribution in [2.75, 3.05) is 0 Å². The highest BCUT2D eigenvalue weighted by Gasteiger charge is 1.92. The summed E-state index contributed by atoms with van der Waals surface area (Å²) in [7, 11) is 0. The number of rotatable bonds is 0. The van der Waals surface area contributed by atoms with E-state index in [0.29, 0.717) is 0 Å². The van der Waals surface area contributed by atoms with Gasteiger partial charge in [-0.05, 0) is 24.6 Å². The number of nitrogens with zero attached hydrogens (tertiary/aromatic N) is 2. The molecule has 0 bridgehead atoms. The van der Waals surface area contributed by atoms with Crippen molar-refractivity contribution >= 4 is 11.0 Å². The van der Waals surface area contributed by atoms with Crippen molar-refractivity contribution in [3.05, 3.63) is 36.2 Å². The fraction of sp³-hybridized carbons (Fsp3) is 0.500. The van der Waals surface area contributed by atoms with Crippen molar-refractivity contribution in [3.63, 3.8) is 0 Å². The van der Waals surface area contributed by atoms with E-state index in [4.69, 9.17) is 0 Å². The van der Waals surface area contributed by atoms with Gasteiger partial charge in [0.1, 0.15) is 0 Å². The SMILES string of the molecule is CC.CC.CCC.Cc1ccc2nccnc2c1. The van der Waals surface area contributed by atoms with Gasteiger partial charge in [0.05, 0.1) is 11.0 Å². The average Bonchev–Trinajstić information content (AvgIpc) is 2.44. The van der Waals surface area contributed by atoms with Crippen LogP contribution in [0.4, 0.5) is 0 Å². The molecule has 1 aromatic carbocycles. The van der Waals surface area contributed by atoms with Crippen LogP contribution in [-0.2, 0) is 0 Å². The molecule has 0 spiro atoms. The Morgan fingerprint density at radius 2 is 1.28 bits per heavy atom. The molecule has 102 valence electrons. The second-order valence-electron chi connectivity index (χ2n) is 3.26. The predicted octanol–water partition coefficient (Wildman–Crippen LogP) is 5.41. The van der Waals surface area contributed by atoms with Crippen LogP contribution in [0.3, 0.4) is 0 Å². The second kappa shape index (κ2) is 13.6. The summed E-state index contributed by atoms with van der Waals surface area (Å²) in [5.41, 5.74) is 3.14. The van der Waals surface area contributed by atoms with Crippen molar-refractivity contribution in [1.29, 1.82) is 0 Å². The minimum absolute atomic E-state index is 0.957. The first-order chi connectivity index (χ1) is 8.77. The van der Waals surface area contributed by atoms with Crippen LogP contribution in [0.15, 0.2) is 30.6 Å². The molecular weight excluding hydrogens is 220 g/mol. The maximum atomic E-state index is 4.18. The molecule has 0 aliphatic rings. The van der Waals surface area contributed by atoms with E-state index in [2.05, 4.69) is 23.8 Å². The Morgan fingerprint density at radius 3 is 1.78 bits per heavy atom. The first kappa shape index (κ1) is 18.9. The summed E-state index contributed by atoms with van der Waals surface area (Å²) in [5, 5.41) is 0. The molecule has 0 radical (unpaired) electrons. The summed E-state index contributed by atoms with van der Waals surface area (Å²) in [6, 6.07) is 6.05. The molecule has 0 N–H and O–H groups in total. The summed E-state index contributed by atoms with van der Waals surface area (Å²) in [6.07, 6.45) is 4.67. The molecular formula is C16H28N2. The van der Waals surface area contributed by atoms with Gasteiger partial charge < -0.3 is 0 Å². The van der Waals surface area contributed by atoms with Crippen molar-refractivity contribution in [3.8, 4) is 0 Å². The number of hydrogen-bond acceptors (Lipinski definition) is 2. The average molecular weight is 248 g/mol. The summed E-state index contributed by atoms with van der Waals surface area (Å²) < 4.78 is 0. The summed E-state index contributed by atoms with van der Waals surface area (Å²) in [6.45, 7) is 14.3. The van der Waals surface area contributed by atoms with Crippen LogP contribution in [0, 0.1) is 6.92 Å². The topological polar surface area (TPSA) is 25.8 Å². The Labute approximate surface area is 112 Å². The lowest BCUT2D eigenvalue weighted by molar-refractivity contribution is 1.09. The Morgan fingerprint density at radius 1 is 0.833 bits per heavy atom. The van der Waals surface area contributed by atoms with Crippen LogP contribution in [0.5, 0.6) is 0 Å². The third-order valence-corrected chi connectivity index (χ3v) is 1.62. The number of aryl methyl sites for hydroxylation is 1. The summed E-state index contributed by atoms with van der Waals surface area (Å²) in [5.74, 6) is 0. The molecule has 0 aliphatic heterocycles. The zero-order valence-corrected chi connectivity index (χ0v) is 13.0. The van der Waals surface area contributed by atoms with Gasteiger partial charge >= 0.3 is 0 Å². The lowest BCUT2D eigenvalue weighted by Crippen LogP contribution is -1.81. The van der Waals surface area contributed by atoms with Crippen molar-refractivity contribution < 1.29 is 0 Å². The third-order valence-electron chi connectivity index (χ3n) is 1.62. The van der Waals surface area contributed by atoms with Crippen LogP contribution in [0.25, 0.3) is 11.0 Å². The standard InChI is InChI=1S/C9H8N2.C3H8.2C2H6/c1-7-2-3-8-9(6-7)11-5-4-10-8;1-3-2;2*1-2/h2-6H,1H3;3H2,1-2H3;2*1-2H3. The first-order valence-corrected chi connectivity index (χ1v) is 6.95. The van der Waals surface area contributed by atoms with E-state index in [1.54, 1.807) is 12.4 Å². The van der Waals surface area contributed by atoms with Gasteiger partial charge in [0.2, 0.25) is 0 Å². The molecule has 1 aromatic heterocycles. The highest BCUT2D eigenvalue weighted by atomic mass is 14.8.